The lowest BCUT2D eigenvalue weighted by atomic mass is 9.77. The Balaban J connectivity index is 0.00000106. The van der Waals surface area contributed by atoms with E-state index in [4.69, 9.17) is 9.97 Å². The Morgan fingerprint density at radius 3 is 2.23 bits per heavy atom. The number of hydrogen-bond donors (Lipinski definition) is 0. The summed E-state index contributed by atoms with van der Waals surface area (Å²) in [4.78, 5) is 9.87. The minimum absolute atomic E-state index is 0.293. The fourth-order valence-electron chi connectivity index (χ4n) is 4.49. The van der Waals surface area contributed by atoms with E-state index in [0.717, 1.165) is 28.8 Å². The molecule has 0 spiro atoms. The van der Waals surface area contributed by atoms with Crippen LogP contribution in [0.3, 0.4) is 0 Å². The largest absolute Gasteiger partial charge is 0.233 e. The Labute approximate surface area is 180 Å². The molecule has 0 aliphatic heterocycles. The van der Waals surface area contributed by atoms with E-state index in [9.17, 15) is 0 Å². The lowest BCUT2D eigenvalue weighted by Crippen LogP contribution is -2.11. The van der Waals surface area contributed by atoms with Crippen LogP contribution in [-0.4, -0.2) is 9.97 Å². The number of benzene rings is 3. The summed E-state index contributed by atoms with van der Waals surface area (Å²) in [5.74, 6) is 1.66. The molecule has 4 aromatic rings. The molecule has 2 nitrogen and oxygen atoms in total. The molecule has 1 atom stereocenters. The van der Waals surface area contributed by atoms with Crippen LogP contribution in [0.4, 0.5) is 0 Å². The molecule has 5 rings (SSSR count). The van der Waals surface area contributed by atoms with Crippen LogP contribution in [0.5, 0.6) is 0 Å². The van der Waals surface area contributed by atoms with Gasteiger partial charge in [0.1, 0.15) is 5.82 Å². The van der Waals surface area contributed by atoms with Gasteiger partial charge in [0.25, 0.3) is 0 Å². The maximum atomic E-state index is 5.06. The Hall–Kier alpha value is -3.00. The van der Waals surface area contributed by atoms with Crippen molar-refractivity contribution in [1.82, 2.24) is 9.97 Å². The molecular weight excluding hydrogens is 364 g/mol. The summed E-state index contributed by atoms with van der Waals surface area (Å²) in [6, 6.07) is 23.9. The summed E-state index contributed by atoms with van der Waals surface area (Å²) in [5.41, 5.74) is 8.91. The molecule has 30 heavy (non-hydrogen) atoms. The molecule has 3 aromatic carbocycles. The zero-order chi connectivity index (χ0) is 21.3. The molecule has 0 radical (unpaired) electrons. The molecule has 1 aliphatic rings. The van der Waals surface area contributed by atoms with Crippen LogP contribution in [0.25, 0.3) is 33.3 Å². The third-order valence-corrected chi connectivity index (χ3v) is 5.82. The third kappa shape index (κ3) is 3.41. The van der Waals surface area contributed by atoms with Crippen molar-refractivity contribution in [3.05, 3.63) is 83.7 Å². The molecule has 1 aromatic heterocycles. The lowest BCUT2D eigenvalue weighted by molar-refractivity contribution is 0.749. The zero-order valence-corrected chi connectivity index (χ0v) is 18.6. The number of aromatic nitrogens is 2. The van der Waals surface area contributed by atoms with Crippen LogP contribution in [0.1, 0.15) is 63.4 Å². The molecular formula is C28H30N2. The van der Waals surface area contributed by atoms with Crippen LogP contribution in [0.15, 0.2) is 66.7 Å². The molecule has 1 unspecified atom stereocenters. The van der Waals surface area contributed by atoms with Crippen LogP contribution in [-0.2, 0) is 6.42 Å². The number of nitrogens with zero attached hydrogens (tertiary/aromatic N) is 2. The van der Waals surface area contributed by atoms with Gasteiger partial charge in [-0.25, -0.2) is 9.97 Å². The van der Waals surface area contributed by atoms with Gasteiger partial charge in [-0.2, -0.15) is 0 Å². The van der Waals surface area contributed by atoms with E-state index in [1.807, 2.05) is 13.8 Å². The third-order valence-electron chi connectivity index (χ3n) is 5.82. The molecule has 152 valence electrons. The summed E-state index contributed by atoms with van der Waals surface area (Å²) >= 11 is 0. The van der Waals surface area contributed by atoms with Gasteiger partial charge in [-0.3, -0.25) is 0 Å². The van der Waals surface area contributed by atoms with Gasteiger partial charge in [0.15, 0.2) is 0 Å². The number of hydrogen-bond acceptors (Lipinski definition) is 2. The first-order valence-electron chi connectivity index (χ1n) is 11.1. The SMILES string of the molecule is CC.CC(C)c1nc(-c2cccc3c2C(C)Cc2ccccc2-3)c2ccccc2n1. The fraction of sp³-hybridized carbons (Fsp3) is 0.286. The van der Waals surface area contributed by atoms with Crippen molar-refractivity contribution in [2.45, 2.75) is 52.9 Å². The van der Waals surface area contributed by atoms with Crippen LogP contribution in [0.2, 0.25) is 0 Å². The molecule has 0 amide bonds. The number of para-hydroxylation sites is 1. The Morgan fingerprint density at radius 2 is 1.43 bits per heavy atom. The second-order valence-electron chi connectivity index (χ2n) is 8.13. The predicted octanol–water partition coefficient (Wildman–Crippen LogP) is 7.77. The summed E-state index contributed by atoms with van der Waals surface area (Å²) in [7, 11) is 0. The van der Waals surface area contributed by atoms with Crippen LogP contribution in [0, 0.1) is 0 Å². The smallest absolute Gasteiger partial charge is 0.132 e. The van der Waals surface area contributed by atoms with Gasteiger partial charge in [0.05, 0.1) is 11.2 Å². The minimum Gasteiger partial charge on any atom is -0.233 e. The predicted molar refractivity (Wildman–Crippen MR) is 128 cm³/mol. The summed E-state index contributed by atoms with van der Waals surface area (Å²) < 4.78 is 0. The highest BCUT2D eigenvalue weighted by atomic mass is 14.9. The number of fused-ring (bicyclic) bond motifs is 4. The molecule has 0 N–H and O–H groups in total. The van der Waals surface area contributed by atoms with Crippen molar-refractivity contribution >= 4 is 10.9 Å². The summed E-state index contributed by atoms with van der Waals surface area (Å²) in [6.07, 6.45) is 1.07. The molecule has 0 fully saturated rings. The van der Waals surface area contributed by atoms with Crippen molar-refractivity contribution in [2.24, 2.45) is 0 Å². The van der Waals surface area contributed by atoms with Gasteiger partial charge >= 0.3 is 0 Å². The molecule has 0 bridgehead atoms. The standard InChI is InChI=1S/C26H24N2.C2H6/c1-16(2)26-27-23-14-7-6-11-21(23)25(28-26)22-13-8-12-20-19-10-5-4-9-18(19)15-17(3)24(20)22;1-2/h4-14,16-17H,15H2,1-3H3;1-2H3. The van der Waals surface area contributed by atoms with E-state index < -0.39 is 0 Å². The minimum atomic E-state index is 0.293. The first-order valence-corrected chi connectivity index (χ1v) is 11.1. The topological polar surface area (TPSA) is 25.8 Å². The average Bonchev–Trinajstić information content (AvgIpc) is 2.79. The Bertz CT molecular complexity index is 1190. The van der Waals surface area contributed by atoms with E-state index in [2.05, 4.69) is 87.5 Å². The lowest BCUT2D eigenvalue weighted by Gasteiger charge is -2.28. The van der Waals surface area contributed by atoms with E-state index in [-0.39, 0.29) is 0 Å². The van der Waals surface area contributed by atoms with Gasteiger partial charge in [0.2, 0.25) is 0 Å². The van der Waals surface area contributed by atoms with Gasteiger partial charge in [-0.1, -0.05) is 95.3 Å². The highest BCUT2D eigenvalue weighted by Crippen LogP contribution is 2.44. The first kappa shape index (κ1) is 20.3. The maximum absolute atomic E-state index is 5.06. The highest BCUT2D eigenvalue weighted by molar-refractivity contribution is 5.95. The van der Waals surface area contributed by atoms with Crippen LogP contribution >= 0.6 is 0 Å². The van der Waals surface area contributed by atoms with Gasteiger partial charge in [-0.15, -0.1) is 0 Å². The van der Waals surface area contributed by atoms with Crippen molar-refractivity contribution in [1.29, 1.82) is 0 Å². The monoisotopic (exact) mass is 394 g/mol. The van der Waals surface area contributed by atoms with E-state index in [1.165, 1.54) is 27.8 Å². The Kier molecular flexibility index (Phi) is 5.67. The fourth-order valence-corrected chi connectivity index (χ4v) is 4.49. The zero-order valence-electron chi connectivity index (χ0n) is 18.6. The summed E-state index contributed by atoms with van der Waals surface area (Å²) in [5, 5.41) is 1.13. The van der Waals surface area contributed by atoms with Crippen molar-refractivity contribution in [3.8, 4) is 22.4 Å². The summed E-state index contributed by atoms with van der Waals surface area (Å²) in [6.45, 7) is 10.7. The van der Waals surface area contributed by atoms with E-state index >= 15 is 0 Å². The van der Waals surface area contributed by atoms with Crippen molar-refractivity contribution < 1.29 is 0 Å². The first-order chi connectivity index (χ1) is 14.6. The highest BCUT2D eigenvalue weighted by Gasteiger charge is 2.26. The molecule has 0 saturated heterocycles. The van der Waals surface area contributed by atoms with Gasteiger partial charge in [0, 0.05) is 16.9 Å². The van der Waals surface area contributed by atoms with E-state index in [1.54, 1.807) is 0 Å². The van der Waals surface area contributed by atoms with Gasteiger partial charge < -0.3 is 0 Å². The second kappa shape index (κ2) is 8.39. The van der Waals surface area contributed by atoms with Crippen molar-refractivity contribution in [2.75, 3.05) is 0 Å². The number of rotatable bonds is 2. The van der Waals surface area contributed by atoms with E-state index in [0.29, 0.717) is 11.8 Å². The molecule has 2 heteroatoms. The normalized spacial score (nSPS) is 14.7. The van der Waals surface area contributed by atoms with Crippen LogP contribution < -0.4 is 0 Å². The van der Waals surface area contributed by atoms with Gasteiger partial charge in [-0.05, 0) is 40.7 Å². The quantitative estimate of drug-likeness (QED) is 0.347. The maximum Gasteiger partial charge on any atom is 0.132 e. The van der Waals surface area contributed by atoms with Crippen molar-refractivity contribution in [3.63, 3.8) is 0 Å². The second-order valence-corrected chi connectivity index (χ2v) is 8.13. The molecule has 0 saturated carbocycles. The molecule has 1 aliphatic carbocycles. The molecule has 1 heterocycles. The average molecular weight is 395 g/mol. The Morgan fingerprint density at radius 1 is 0.767 bits per heavy atom.